The molecule has 3 aromatic rings. The number of benzene rings is 1. The van der Waals surface area contributed by atoms with Crippen molar-refractivity contribution in [3.63, 3.8) is 0 Å². The molecule has 1 aromatic carbocycles. The Hall–Kier alpha value is -2.87. The minimum atomic E-state index is 0.289. The van der Waals surface area contributed by atoms with Crippen LogP contribution in [0.1, 0.15) is 56.7 Å². The van der Waals surface area contributed by atoms with Crippen LogP contribution in [0.3, 0.4) is 0 Å². The third-order valence-corrected chi connectivity index (χ3v) is 5.70. The molecule has 1 aliphatic rings. The highest BCUT2D eigenvalue weighted by Gasteiger charge is 2.21. The molecule has 0 spiro atoms. The number of hydrogen-bond donors (Lipinski definition) is 4. The molecular formula is C22H31N7O. The molecule has 4 rings (SSSR count). The topological polar surface area (TPSA) is 114 Å². The molecule has 1 saturated carbocycles. The van der Waals surface area contributed by atoms with E-state index >= 15 is 0 Å². The zero-order valence-corrected chi connectivity index (χ0v) is 17.9. The van der Waals surface area contributed by atoms with Gasteiger partial charge in [0.15, 0.2) is 11.3 Å². The summed E-state index contributed by atoms with van der Waals surface area (Å²) < 4.78 is 5.33. The van der Waals surface area contributed by atoms with Crippen LogP contribution in [0, 0.1) is 0 Å². The minimum Gasteiger partial charge on any atom is -0.497 e. The van der Waals surface area contributed by atoms with Gasteiger partial charge in [0.05, 0.1) is 12.8 Å². The Bertz CT molecular complexity index is 992. The number of aromatic nitrogens is 4. The van der Waals surface area contributed by atoms with Gasteiger partial charge in [-0.1, -0.05) is 26.0 Å². The van der Waals surface area contributed by atoms with Crippen molar-refractivity contribution in [2.45, 2.75) is 64.1 Å². The SMILES string of the molecule is COc1cccc(CNc2nc(NC3CCC(N)CC3)nc3c(C(C)C)[nH]nc23)c1. The average Bonchev–Trinajstić information content (AvgIpc) is 3.18. The summed E-state index contributed by atoms with van der Waals surface area (Å²) in [4.78, 5) is 9.57. The minimum absolute atomic E-state index is 0.289. The van der Waals surface area contributed by atoms with Crippen LogP contribution >= 0.6 is 0 Å². The molecule has 8 nitrogen and oxygen atoms in total. The van der Waals surface area contributed by atoms with Gasteiger partial charge in [-0.2, -0.15) is 10.1 Å². The van der Waals surface area contributed by atoms with Gasteiger partial charge in [0.2, 0.25) is 5.95 Å². The second kappa shape index (κ2) is 8.87. The van der Waals surface area contributed by atoms with Gasteiger partial charge in [-0.15, -0.1) is 0 Å². The van der Waals surface area contributed by atoms with E-state index in [1.54, 1.807) is 7.11 Å². The maximum Gasteiger partial charge on any atom is 0.225 e. The summed E-state index contributed by atoms with van der Waals surface area (Å²) >= 11 is 0. The summed E-state index contributed by atoms with van der Waals surface area (Å²) in [7, 11) is 1.67. The van der Waals surface area contributed by atoms with Gasteiger partial charge in [0, 0.05) is 18.6 Å². The number of nitrogens with two attached hydrogens (primary N) is 1. The summed E-state index contributed by atoms with van der Waals surface area (Å²) in [6.07, 6.45) is 4.14. The van der Waals surface area contributed by atoms with Crippen molar-refractivity contribution in [1.29, 1.82) is 0 Å². The van der Waals surface area contributed by atoms with Gasteiger partial charge in [-0.05, 0) is 49.3 Å². The first-order valence-electron chi connectivity index (χ1n) is 10.7. The van der Waals surface area contributed by atoms with E-state index in [0.29, 0.717) is 24.6 Å². The lowest BCUT2D eigenvalue weighted by Gasteiger charge is -2.26. The first kappa shape index (κ1) is 20.4. The van der Waals surface area contributed by atoms with Gasteiger partial charge >= 0.3 is 0 Å². The van der Waals surface area contributed by atoms with Crippen LogP contribution < -0.4 is 21.1 Å². The van der Waals surface area contributed by atoms with Crippen molar-refractivity contribution >= 4 is 22.8 Å². The molecule has 0 saturated heterocycles. The Labute approximate surface area is 177 Å². The number of methoxy groups -OCH3 is 1. The third-order valence-electron chi connectivity index (χ3n) is 5.70. The molecule has 0 atom stereocenters. The monoisotopic (exact) mass is 409 g/mol. The molecule has 0 unspecified atom stereocenters. The second-order valence-corrected chi connectivity index (χ2v) is 8.35. The molecule has 0 amide bonds. The smallest absolute Gasteiger partial charge is 0.225 e. The van der Waals surface area contributed by atoms with E-state index in [1.165, 1.54) is 0 Å². The van der Waals surface area contributed by atoms with Crippen molar-refractivity contribution in [2.75, 3.05) is 17.7 Å². The molecule has 30 heavy (non-hydrogen) atoms. The molecule has 5 N–H and O–H groups in total. The van der Waals surface area contributed by atoms with Crippen molar-refractivity contribution in [3.8, 4) is 5.75 Å². The Morgan fingerprint density at radius 3 is 2.70 bits per heavy atom. The lowest BCUT2D eigenvalue weighted by molar-refractivity contribution is 0.410. The van der Waals surface area contributed by atoms with Crippen LogP contribution in [0.4, 0.5) is 11.8 Å². The maximum atomic E-state index is 6.05. The molecule has 8 heteroatoms. The quantitative estimate of drug-likeness (QED) is 0.469. The van der Waals surface area contributed by atoms with Gasteiger partial charge in [-0.3, -0.25) is 5.10 Å². The van der Waals surface area contributed by atoms with Crippen LogP contribution in [0.25, 0.3) is 11.0 Å². The fourth-order valence-corrected chi connectivity index (χ4v) is 3.92. The van der Waals surface area contributed by atoms with Crippen molar-refractivity contribution in [2.24, 2.45) is 5.73 Å². The molecule has 1 fully saturated rings. The van der Waals surface area contributed by atoms with Crippen molar-refractivity contribution in [1.82, 2.24) is 20.2 Å². The standard InChI is InChI=1S/C22H31N7O/c1-13(2)18-19-20(29-28-18)21(24-12-14-5-4-6-17(11-14)30-3)27-22(26-19)25-16-9-7-15(23)8-10-16/h4-6,11,13,15-16H,7-10,12,23H2,1-3H3,(H,28,29)(H2,24,25,26,27). The highest BCUT2D eigenvalue weighted by Crippen LogP contribution is 2.28. The normalized spacial score (nSPS) is 19.2. The lowest BCUT2D eigenvalue weighted by atomic mass is 9.92. The summed E-state index contributed by atoms with van der Waals surface area (Å²) in [6, 6.07) is 8.66. The molecule has 0 radical (unpaired) electrons. The molecule has 0 bridgehead atoms. The predicted octanol–water partition coefficient (Wildman–Crippen LogP) is 3.78. The lowest BCUT2D eigenvalue weighted by Crippen LogP contribution is -2.33. The van der Waals surface area contributed by atoms with E-state index in [0.717, 1.165) is 59.5 Å². The Kier molecular flexibility index (Phi) is 6.03. The number of anilines is 2. The van der Waals surface area contributed by atoms with E-state index < -0.39 is 0 Å². The first-order valence-corrected chi connectivity index (χ1v) is 10.7. The fourth-order valence-electron chi connectivity index (χ4n) is 3.92. The van der Waals surface area contributed by atoms with Gasteiger partial charge in [0.25, 0.3) is 0 Å². The zero-order chi connectivity index (χ0) is 21.1. The van der Waals surface area contributed by atoms with E-state index in [1.807, 2.05) is 18.2 Å². The van der Waals surface area contributed by atoms with Gasteiger partial charge < -0.3 is 21.1 Å². The molecule has 160 valence electrons. The third kappa shape index (κ3) is 4.48. The number of rotatable bonds is 7. The van der Waals surface area contributed by atoms with Crippen molar-refractivity contribution < 1.29 is 4.74 Å². The molecule has 0 aliphatic heterocycles. The Morgan fingerprint density at radius 2 is 1.97 bits per heavy atom. The fraction of sp³-hybridized carbons (Fsp3) is 0.500. The van der Waals surface area contributed by atoms with E-state index in [9.17, 15) is 0 Å². The van der Waals surface area contributed by atoms with Crippen LogP contribution in [0.5, 0.6) is 5.75 Å². The summed E-state index contributed by atoms with van der Waals surface area (Å²) in [5.41, 5.74) is 9.81. The highest BCUT2D eigenvalue weighted by atomic mass is 16.5. The molecule has 2 aromatic heterocycles. The summed E-state index contributed by atoms with van der Waals surface area (Å²) in [5, 5.41) is 14.6. The van der Waals surface area contributed by atoms with Crippen LogP contribution in [0.15, 0.2) is 24.3 Å². The number of aromatic amines is 1. The Balaban J connectivity index is 1.61. The number of hydrogen-bond acceptors (Lipinski definition) is 7. The van der Waals surface area contributed by atoms with Crippen LogP contribution in [-0.4, -0.2) is 39.4 Å². The number of ether oxygens (including phenoxy) is 1. The largest absolute Gasteiger partial charge is 0.497 e. The van der Waals surface area contributed by atoms with Crippen LogP contribution in [-0.2, 0) is 6.54 Å². The summed E-state index contributed by atoms with van der Waals surface area (Å²) in [5.74, 6) is 2.49. The van der Waals surface area contributed by atoms with Crippen molar-refractivity contribution in [3.05, 3.63) is 35.5 Å². The molecule has 2 heterocycles. The maximum absolute atomic E-state index is 6.05. The number of nitrogens with one attached hydrogen (secondary N) is 3. The molecular weight excluding hydrogens is 378 g/mol. The average molecular weight is 410 g/mol. The number of H-pyrrole nitrogens is 1. The number of nitrogens with zero attached hydrogens (tertiary/aromatic N) is 3. The Morgan fingerprint density at radius 1 is 1.17 bits per heavy atom. The number of fused-ring (bicyclic) bond motifs is 1. The second-order valence-electron chi connectivity index (χ2n) is 8.35. The first-order chi connectivity index (χ1) is 14.5. The predicted molar refractivity (Wildman–Crippen MR) is 120 cm³/mol. The van der Waals surface area contributed by atoms with Crippen LogP contribution in [0.2, 0.25) is 0 Å². The van der Waals surface area contributed by atoms with Gasteiger partial charge in [-0.25, -0.2) is 4.98 Å². The van der Waals surface area contributed by atoms with E-state index in [2.05, 4.69) is 40.7 Å². The highest BCUT2D eigenvalue weighted by molar-refractivity contribution is 5.88. The zero-order valence-electron chi connectivity index (χ0n) is 17.9. The van der Waals surface area contributed by atoms with Gasteiger partial charge in [0.1, 0.15) is 11.3 Å². The molecule has 1 aliphatic carbocycles. The summed E-state index contributed by atoms with van der Waals surface area (Å²) in [6.45, 7) is 4.88. The van der Waals surface area contributed by atoms with E-state index in [-0.39, 0.29) is 5.92 Å². The van der Waals surface area contributed by atoms with E-state index in [4.69, 9.17) is 20.4 Å².